The molecule has 14 heteroatoms. The number of hydrogen-bond acceptors (Lipinski definition) is 11. The number of rotatable bonds is 8. The van der Waals surface area contributed by atoms with Crippen LogP contribution in [0.15, 0.2) is 78.2 Å². The summed E-state index contributed by atoms with van der Waals surface area (Å²) in [6.45, 7) is 1.62. The molecule has 0 amide bonds. The maximum atomic E-state index is 12.3. The summed E-state index contributed by atoms with van der Waals surface area (Å²) in [6.07, 6.45) is 5.20. The Morgan fingerprint density at radius 1 is 0.794 bits per heavy atom. The number of aromatic nitrogens is 3. The number of pyridine rings is 3. The maximum absolute atomic E-state index is 12.3. The van der Waals surface area contributed by atoms with E-state index in [4.69, 9.17) is 29.1 Å². The van der Waals surface area contributed by atoms with Gasteiger partial charge >= 0.3 is 17.1 Å². The molecule has 0 saturated heterocycles. The Hall–Kier alpha value is -2.87. The monoisotopic (exact) mass is 531 g/mol. The van der Waals surface area contributed by atoms with Crippen molar-refractivity contribution in [2.24, 2.45) is 4.99 Å². The molecule has 0 aliphatic heterocycles. The van der Waals surface area contributed by atoms with Crippen LogP contribution in [-0.4, -0.2) is 32.3 Å². The zero-order valence-corrected chi connectivity index (χ0v) is 19.5. The van der Waals surface area contributed by atoms with Gasteiger partial charge in [0.15, 0.2) is 0 Å². The van der Waals surface area contributed by atoms with Crippen molar-refractivity contribution < 1.29 is 51.1 Å². The quantitative estimate of drug-likeness (QED) is 0.168. The molecule has 0 bridgehead atoms. The first-order valence-corrected chi connectivity index (χ1v) is 10.5. The normalized spacial score (nSPS) is 10.8. The fourth-order valence-electron chi connectivity index (χ4n) is 2.51. The number of aliphatic imine (C=N–C) groups is 1. The average molecular weight is 532 g/mol. The molecule has 0 spiro atoms. The van der Waals surface area contributed by atoms with Crippen LogP contribution in [0, 0.1) is 15.2 Å². The van der Waals surface area contributed by atoms with E-state index in [1.165, 1.54) is 0 Å². The summed E-state index contributed by atoms with van der Waals surface area (Å²) >= 11 is 0. The molecule has 3 aromatic rings. The van der Waals surface area contributed by atoms with E-state index in [9.17, 15) is 5.11 Å². The summed E-state index contributed by atoms with van der Waals surface area (Å²) in [5.41, 5.74) is 8.34. The second kappa shape index (κ2) is 17.6. The van der Waals surface area contributed by atoms with Crippen molar-refractivity contribution in [1.29, 1.82) is 0 Å². The Bertz CT molecular complexity index is 891. The molecular formula is C20H20ClFeN6O6. The first-order valence-electron chi connectivity index (χ1n) is 9.22. The Balaban J connectivity index is 0.00000121. The summed E-state index contributed by atoms with van der Waals surface area (Å²) in [5.74, 6) is -0.178. The van der Waals surface area contributed by atoms with Crippen molar-refractivity contribution in [2.45, 2.75) is 19.6 Å². The Morgan fingerprint density at radius 3 is 1.53 bits per heavy atom. The predicted octanol–water partition coefficient (Wildman–Crippen LogP) is -2.60. The van der Waals surface area contributed by atoms with Crippen molar-refractivity contribution >= 4 is 5.90 Å². The van der Waals surface area contributed by atoms with Crippen LogP contribution in [0.2, 0.25) is 0 Å². The van der Waals surface area contributed by atoms with E-state index >= 15 is 0 Å². The standard InChI is InChI=1S/C20H21N5O.ClHO4.Fe.NO/c26-20(24-13-17-7-1-4-10-21-17)16-25(14-18-8-2-5-11-22-18)15-19-9-3-6-12-23-19;2-1(3,4)5;;1-2/h1-12H,13-16H2,(H,24,26);(H,2,3,4,5);;/q;;+3;-1/p-2. The van der Waals surface area contributed by atoms with Crippen LogP contribution < -0.4 is 23.7 Å². The van der Waals surface area contributed by atoms with Gasteiger partial charge in [-0.15, -0.1) is 10.2 Å². The third-order valence-corrected chi connectivity index (χ3v) is 3.73. The summed E-state index contributed by atoms with van der Waals surface area (Å²) in [4.78, 5) is 26.3. The van der Waals surface area contributed by atoms with Gasteiger partial charge in [-0.3, -0.25) is 24.8 Å². The molecule has 3 aromatic heterocycles. The third kappa shape index (κ3) is 15.9. The summed E-state index contributed by atoms with van der Waals surface area (Å²) in [6, 6.07) is 17.1. The van der Waals surface area contributed by atoms with Gasteiger partial charge in [0.05, 0.1) is 23.6 Å². The van der Waals surface area contributed by atoms with E-state index in [-0.39, 0.29) is 29.5 Å². The van der Waals surface area contributed by atoms with Crippen LogP contribution in [0.4, 0.5) is 0 Å². The van der Waals surface area contributed by atoms with Crippen LogP contribution >= 0.6 is 0 Å². The van der Waals surface area contributed by atoms with Gasteiger partial charge in [0, 0.05) is 38.2 Å². The minimum absolute atomic E-state index is 0. The molecule has 0 fully saturated rings. The molecule has 0 unspecified atom stereocenters. The van der Waals surface area contributed by atoms with Crippen LogP contribution in [-0.2, 0) is 36.7 Å². The molecule has 12 nitrogen and oxygen atoms in total. The molecule has 0 N–H and O–H groups in total. The second-order valence-electron chi connectivity index (χ2n) is 6.20. The van der Waals surface area contributed by atoms with Gasteiger partial charge in [-0.1, -0.05) is 18.2 Å². The van der Waals surface area contributed by atoms with E-state index in [2.05, 4.69) is 19.9 Å². The number of halogens is 1. The molecule has 0 aliphatic rings. The SMILES string of the molecule is [Fe+3].[N-]=O.[O-]C(CN(Cc1ccccn1)Cc1ccccn1)=NCc1ccccn1.[O-][Cl+3]([O-])([O-])[O-]. The van der Waals surface area contributed by atoms with Crippen molar-refractivity contribution in [2.75, 3.05) is 6.54 Å². The zero-order valence-electron chi connectivity index (χ0n) is 17.6. The van der Waals surface area contributed by atoms with Crippen LogP contribution in [0.25, 0.3) is 5.59 Å². The number of nitroso groups, excluding NO2 is 1. The first kappa shape index (κ1) is 31.1. The van der Waals surface area contributed by atoms with Crippen molar-refractivity contribution in [3.63, 3.8) is 0 Å². The van der Waals surface area contributed by atoms with Crippen molar-refractivity contribution in [3.8, 4) is 0 Å². The van der Waals surface area contributed by atoms with Gasteiger partial charge in [0.2, 0.25) is 0 Å². The van der Waals surface area contributed by atoms with E-state index in [1.807, 2.05) is 59.5 Å². The first-order chi connectivity index (χ1) is 15.8. The van der Waals surface area contributed by atoms with Crippen molar-refractivity contribution in [3.05, 3.63) is 101 Å². The molecule has 1 radical (unpaired) electrons. The molecule has 34 heavy (non-hydrogen) atoms. The van der Waals surface area contributed by atoms with Gasteiger partial charge in [-0.2, -0.15) is 0 Å². The number of nitrogens with zero attached hydrogens (tertiary/aromatic N) is 6. The molecule has 0 aliphatic carbocycles. The van der Waals surface area contributed by atoms with Gasteiger partial charge in [0.25, 0.3) is 0 Å². The Labute approximate surface area is 208 Å². The van der Waals surface area contributed by atoms with Crippen LogP contribution in [0.1, 0.15) is 17.1 Å². The van der Waals surface area contributed by atoms with Gasteiger partial charge in [-0.05, 0) is 42.3 Å². The second-order valence-corrected chi connectivity index (χ2v) is 6.95. The van der Waals surface area contributed by atoms with Crippen molar-refractivity contribution in [1.82, 2.24) is 19.9 Å². The molecular weight excluding hydrogens is 512 g/mol. The minimum atomic E-state index is -4.94. The van der Waals surface area contributed by atoms with E-state index in [1.54, 1.807) is 18.6 Å². The van der Waals surface area contributed by atoms with Gasteiger partial charge in [-0.25, -0.2) is 18.6 Å². The minimum Gasteiger partial charge on any atom is -0.861 e. The summed E-state index contributed by atoms with van der Waals surface area (Å²) < 4.78 is 34.0. The molecule has 181 valence electrons. The molecule has 3 heterocycles. The fourth-order valence-corrected chi connectivity index (χ4v) is 2.51. The summed E-state index contributed by atoms with van der Waals surface area (Å²) in [5, 5.41) is 12.3. The summed E-state index contributed by atoms with van der Waals surface area (Å²) in [7, 11) is -4.94. The van der Waals surface area contributed by atoms with Crippen LogP contribution in [0.5, 0.6) is 0 Å². The molecule has 0 aromatic carbocycles. The topological polar surface area (TPSA) is 209 Å². The molecule has 0 atom stereocenters. The Morgan fingerprint density at radius 2 is 1.18 bits per heavy atom. The van der Waals surface area contributed by atoms with E-state index in [0.717, 1.165) is 17.1 Å². The van der Waals surface area contributed by atoms with Gasteiger partial charge in [0.1, 0.15) is 0 Å². The molecule has 3 rings (SSSR count). The van der Waals surface area contributed by atoms with Gasteiger partial charge < -0.3 is 15.6 Å². The fraction of sp³-hybridized carbons (Fsp3) is 0.200. The molecule has 0 saturated carbocycles. The number of hydrogen-bond donors (Lipinski definition) is 0. The average Bonchev–Trinajstić information content (AvgIpc) is 2.80. The smallest absolute Gasteiger partial charge is 0.861 e. The Kier molecular flexibility index (Phi) is 16.1. The third-order valence-electron chi connectivity index (χ3n) is 3.73. The van der Waals surface area contributed by atoms with Crippen LogP contribution in [0.3, 0.4) is 0 Å². The van der Waals surface area contributed by atoms with E-state index in [0.29, 0.717) is 19.6 Å². The predicted molar refractivity (Wildman–Crippen MR) is 105 cm³/mol. The largest absolute Gasteiger partial charge is 3.00 e. The van der Waals surface area contributed by atoms with E-state index < -0.39 is 10.2 Å². The maximum Gasteiger partial charge on any atom is 3.00 e. The zero-order chi connectivity index (χ0) is 24.5.